The molecule has 0 radical (unpaired) electrons. The molecule has 4 nitrogen and oxygen atoms in total. The second-order valence-electron chi connectivity index (χ2n) is 7.08. The molecule has 0 aliphatic heterocycles. The van der Waals surface area contributed by atoms with Gasteiger partial charge in [-0.2, -0.15) is 0 Å². The van der Waals surface area contributed by atoms with Gasteiger partial charge in [-0.15, -0.1) is 0 Å². The Morgan fingerprint density at radius 1 is 1.21 bits per heavy atom. The summed E-state index contributed by atoms with van der Waals surface area (Å²) in [6, 6.07) is -0.127. The molecule has 0 aromatic carbocycles. The molecule has 0 heterocycles. The zero-order valence-electron chi connectivity index (χ0n) is 12.9. The first kappa shape index (κ1) is 16.0. The number of carbonyl (C=O) groups excluding carboxylic acids is 2. The van der Waals surface area contributed by atoms with Crippen LogP contribution in [-0.2, 0) is 9.59 Å². The fourth-order valence-electron chi connectivity index (χ4n) is 1.84. The van der Waals surface area contributed by atoms with Crippen molar-refractivity contribution in [1.29, 1.82) is 0 Å². The van der Waals surface area contributed by atoms with Crippen LogP contribution in [0.2, 0.25) is 0 Å². The van der Waals surface area contributed by atoms with Gasteiger partial charge in [-0.3, -0.25) is 9.59 Å². The molecule has 2 N–H and O–H groups in total. The standard InChI is InChI=1S/C15H28N2O2/c1-10(2)6-9-12(18)17-13(15(3,4)5)14(19)16-11-7-8-11/h10-11,13H,6-9H2,1-5H3,(H,16,19)(H,17,18). The first-order chi connectivity index (χ1) is 8.70. The van der Waals surface area contributed by atoms with E-state index in [1.54, 1.807) is 0 Å². The summed E-state index contributed by atoms with van der Waals surface area (Å²) in [5.41, 5.74) is -0.271. The second-order valence-corrected chi connectivity index (χ2v) is 7.08. The predicted octanol–water partition coefficient (Wildman–Crippen LogP) is 2.23. The van der Waals surface area contributed by atoms with Crippen molar-refractivity contribution in [2.45, 2.75) is 72.4 Å². The van der Waals surface area contributed by atoms with Crippen LogP contribution >= 0.6 is 0 Å². The Labute approximate surface area is 116 Å². The number of nitrogens with one attached hydrogen (secondary N) is 2. The summed E-state index contributed by atoms with van der Waals surface area (Å²) in [7, 11) is 0. The lowest BCUT2D eigenvalue weighted by atomic mass is 9.86. The minimum atomic E-state index is -0.451. The van der Waals surface area contributed by atoms with E-state index in [4.69, 9.17) is 0 Å². The first-order valence-electron chi connectivity index (χ1n) is 7.30. The van der Waals surface area contributed by atoms with E-state index in [2.05, 4.69) is 24.5 Å². The molecule has 19 heavy (non-hydrogen) atoms. The Hall–Kier alpha value is -1.06. The zero-order valence-corrected chi connectivity index (χ0v) is 12.9. The topological polar surface area (TPSA) is 58.2 Å². The molecule has 0 bridgehead atoms. The van der Waals surface area contributed by atoms with Gasteiger partial charge < -0.3 is 10.6 Å². The number of hydrogen-bond donors (Lipinski definition) is 2. The quantitative estimate of drug-likeness (QED) is 0.776. The van der Waals surface area contributed by atoms with E-state index >= 15 is 0 Å². The van der Waals surface area contributed by atoms with E-state index in [-0.39, 0.29) is 17.2 Å². The maximum atomic E-state index is 12.2. The van der Waals surface area contributed by atoms with Crippen LogP contribution in [0.5, 0.6) is 0 Å². The molecule has 0 saturated heterocycles. The van der Waals surface area contributed by atoms with Crippen LogP contribution in [0.4, 0.5) is 0 Å². The summed E-state index contributed by atoms with van der Waals surface area (Å²) in [4.78, 5) is 24.1. The lowest BCUT2D eigenvalue weighted by molar-refractivity contribution is -0.131. The maximum absolute atomic E-state index is 12.2. The molecule has 1 saturated carbocycles. The number of rotatable bonds is 6. The summed E-state index contributed by atoms with van der Waals surface area (Å²) in [6.07, 6.45) is 3.46. The average molecular weight is 268 g/mol. The molecule has 0 aromatic heterocycles. The third-order valence-electron chi connectivity index (χ3n) is 3.31. The summed E-state index contributed by atoms with van der Waals surface area (Å²) >= 11 is 0. The Bertz CT molecular complexity index is 328. The highest BCUT2D eigenvalue weighted by Gasteiger charge is 2.35. The Balaban J connectivity index is 2.53. The lowest BCUT2D eigenvalue weighted by Gasteiger charge is -2.30. The van der Waals surface area contributed by atoms with Crippen LogP contribution in [0.15, 0.2) is 0 Å². The molecule has 1 rings (SSSR count). The fourth-order valence-corrected chi connectivity index (χ4v) is 1.84. The molecule has 1 aliphatic carbocycles. The Morgan fingerprint density at radius 3 is 2.21 bits per heavy atom. The van der Waals surface area contributed by atoms with Gasteiger partial charge in [0.05, 0.1) is 0 Å². The molecule has 2 amide bonds. The zero-order chi connectivity index (χ0) is 14.6. The number of hydrogen-bond acceptors (Lipinski definition) is 2. The molecular weight excluding hydrogens is 240 g/mol. The molecular formula is C15H28N2O2. The third kappa shape index (κ3) is 6.08. The highest BCUT2D eigenvalue weighted by molar-refractivity contribution is 5.88. The van der Waals surface area contributed by atoms with Crippen molar-refractivity contribution in [1.82, 2.24) is 10.6 Å². The van der Waals surface area contributed by atoms with E-state index in [0.717, 1.165) is 19.3 Å². The third-order valence-corrected chi connectivity index (χ3v) is 3.31. The van der Waals surface area contributed by atoms with E-state index < -0.39 is 6.04 Å². The van der Waals surface area contributed by atoms with E-state index in [9.17, 15) is 9.59 Å². The highest BCUT2D eigenvalue weighted by atomic mass is 16.2. The van der Waals surface area contributed by atoms with Crippen molar-refractivity contribution < 1.29 is 9.59 Å². The predicted molar refractivity (Wildman–Crippen MR) is 76.6 cm³/mol. The van der Waals surface area contributed by atoms with Crippen LogP contribution in [0, 0.1) is 11.3 Å². The van der Waals surface area contributed by atoms with Crippen molar-refractivity contribution in [3.8, 4) is 0 Å². The van der Waals surface area contributed by atoms with Gasteiger partial charge in [-0.25, -0.2) is 0 Å². The normalized spacial score (nSPS) is 17.2. The molecule has 1 aliphatic rings. The maximum Gasteiger partial charge on any atom is 0.243 e. The molecule has 0 aromatic rings. The first-order valence-corrected chi connectivity index (χ1v) is 7.30. The summed E-state index contributed by atoms with van der Waals surface area (Å²) in [6.45, 7) is 10.1. The van der Waals surface area contributed by atoms with Gasteiger partial charge in [0, 0.05) is 12.5 Å². The Morgan fingerprint density at radius 2 is 1.79 bits per heavy atom. The van der Waals surface area contributed by atoms with Gasteiger partial charge in [0.15, 0.2) is 0 Å². The average Bonchev–Trinajstić information content (AvgIpc) is 3.05. The molecule has 110 valence electrons. The monoisotopic (exact) mass is 268 g/mol. The molecule has 1 fully saturated rings. The van der Waals surface area contributed by atoms with Crippen LogP contribution in [0.1, 0.15) is 60.3 Å². The molecule has 4 heteroatoms. The van der Waals surface area contributed by atoms with Crippen molar-refractivity contribution in [2.75, 3.05) is 0 Å². The largest absolute Gasteiger partial charge is 0.352 e. The van der Waals surface area contributed by atoms with Gasteiger partial charge in [-0.05, 0) is 30.6 Å². The summed E-state index contributed by atoms with van der Waals surface area (Å²) in [5, 5.41) is 5.87. The molecule has 1 atom stereocenters. The smallest absolute Gasteiger partial charge is 0.243 e. The fraction of sp³-hybridized carbons (Fsp3) is 0.867. The minimum Gasteiger partial charge on any atom is -0.352 e. The molecule has 0 spiro atoms. The number of carbonyl (C=O) groups is 2. The van der Waals surface area contributed by atoms with E-state index in [1.165, 1.54) is 0 Å². The second kappa shape index (κ2) is 6.40. The lowest BCUT2D eigenvalue weighted by Crippen LogP contribution is -2.54. The van der Waals surface area contributed by atoms with Crippen LogP contribution < -0.4 is 10.6 Å². The minimum absolute atomic E-state index is 0.0282. The van der Waals surface area contributed by atoms with Crippen molar-refractivity contribution in [2.24, 2.45) is 11.3 Å². The molecule has 1 unspecified atom stereocenters. The number of amides is 2. The van der Waals surface area contributed by atoms with E-state index in [0.29, 0.717) is 18.4 Å². The van der Waals surface area contributed by atoms with Gasteiger partial charge >= 0.3 is 0 Å². The van der Waals surface area contributed by atoms with Crippen molar-refractivity contribution >= 4 is 11.8 Å². The van der Waals surface area contributed by atoms with Crippen LogP contribution in [-0.4, -0.2) is 23.9 Å². The van der Waals surface area contributed by atoms with Crippen molar-refractivity contribution in [3.63, 3.8) is 0 Å². The van der Waals surface area contributed by atoms with Crippen LogP contribution in [0.25, 0.3) is 0 Å². The summed E-state index contributed by atoms with van der Waals surface area (Å²) < 4.78 is 0. The van der Waals surface area contributed by atoms with Gasteiger partial charge in [0.1, 0.15) is 6.04 Å². The highest BCUT2D eigenvalue weighted by Crippen LogP contribution is 2.23. The Kier molecular flexibility index (Phi) is 5.39. The van der Waals surface area contributed by atoms with Gasteiger partial charge in [-0.1, -0.05) is 34.6 Å². The van der Waals surface area contributed by atoms with E-state index in [1.807, 2.05) is 20.8 Å². The van der Waals surface area contributed by atoms with Crippen molar-refractivity contribution in [3.05, 3.63) is 0 Å². The van der Waals surface area contributed by atoms with Gasteiger partial charge in [0.25, 0.3) is 0 Å². The SMILES string of the molecule is CC(C)CCC(=O)NC(C(=O)NC1CC1)C(C)(C)C. The van der Waals surface area contributed by atoms with Crippen LogP contribution in [0.3, 0.4) is 0 Å². The summed E-state index contributed by atoms with van der Waals surface area (Å²) in [5.74, 6) is 0.423. The van der Waals surface area contributed by atoms with Gasteiger partial charge in [0.2, 0.25) is 11.8 Å².